The van der Waals surface area contributed by atoms with E-state index in [-0.39, 0.29) is 5.56 Å². The van der Waals surface area contributed by atoms with Crippen molar-refractivity contribution >= 4 is 28.9 Å². The van der Waals surface area contributed by atoms with Crippen LogP contribution in [0.15, 0.2) is 35.3 Å². The number of anilines is 1. The summed E-state index contributed by atoms with van der Waals surface area (Å²) in [5, 5.41) is 8.62. The number of hydrogen-bond acceptors (Lipinski definition) is 3. The highest BCUT2D eigenvalue weighted by Gasteiger charge is 2.17. The first-order valence-electron chi connectivity index (χ1n) is 6.89. The fourth-order valence-electron chi connectivity index (χ4n) is 2.23. The summed E-state index contributed by atoms with van der Waals surface area (Å²) in [5.41, 5.74) is 1.45. The summed E-state index contributed by atoms with van der Waals surface area (Å²) in [7, 11) is 0. The predicted octanol–water partition coefficient (Wildman–Crippen LogP) is 3.56. The van der Waals surface area contributed by atoms with Gasteiger partial charge in [-0.05, 0) is 37.0 Å². The lowest BCUT2D eigenvalue weighted by Crippen LogP contribution is -2.29. The van der Waals surface area contributed by atoms with Crippen LogP contribution in [0.5, 0.6) is 0 Å². The number of hydrogen-bond donors (Lipinski definition) is 1. The van der Waals surface area contributed by atoms with Gasteiger partial charge < -0.3 is 5.32 Å². The van der Waals surface area contributed by atoms with Gasteiger partial charge in [-0.25, -0.2) is 4.68 Å². The molecule has 0 atom stereocenters. The van der Waals surface area contributed by atoms with Crippen molar-refractivity contribution in [2.75, 3.05) is 5.32 Å². The summed E-state index contributed by atoms with van der Waals surface area (Å²) in [6.07, 6.45) is 5.24. The summed E-state index contributed by atoms with van der Waals surface area (Å²) < 4.78 is 1.39. The molecular formula is C15H15Cl2N3O. The highest BCUT2D eigenvalue weighted by Crippen LogP contribution is 2.23. The Balaban J connectivity index is 1.77. The fraction of sp³-hybridized carbons (Fsp3) is 0.333. The Morgan fingerprint density at radius 2 is 2.10 bits per heavy atom. The largest absolute Gasteiger partial charge is 0.381 e. The molecule has 110 valence electrons. The van der Waals surface area contributed by atoms with Gasteiger partial charge in [0.05, 0.1) is 18.4 Å². The Kier molecular flexibility index (Phi) is 4.17. The number of aromatic nitrogens is 2. The van der Waals surface area contributed by atoms with E-state index in [4.69, 9.17) is 23.2 Å². The Hall–Kier alpha value is -1.52. The molecule has 0 aliphatic heterocycles. The van der Waals surface area contributed by atoms with Gasteiger partial charge in [0.2, 0.25) is 0 Å². The fourth-order valence-corrected chi connectivity index (χ4v) is 2.70. The van der Waals surface area contributed by atoms with Gasteiger partial charge in [-0.2, -0.15) is 5.10 Å². The van der Waals surface area contributed by atoms with Crippen LogP contribution in [0.4, 0.5) is 5.69 Å². The molecule has 1 aromatic heterocycles. The molecule has 0 radical (unpaired) electrons. The maximum absolute atomic E-state index is 12.1. The summed E-state index contributed by atoms with van der Waals surface area (Å²) in [6, 6.07) is 7.28. The van der Waals surface area contributed by atoms with Crippen molar-refractivity contribution in [2.24, 2.45) is 0 Å². The molecule has 1 aliphatic carbocycles. The van der Waals surface area contributed by atoms with Crippen LogP contribution in [0, 0.1) is 0 Å². The Labute approximate surface area is 132 Å². The third-order valence-electron chi connectivity index (χ3n) is 3.68. The molecule has 3 rings (SSSR count). The van der Waals surface area contributed by atoms with Crippen molar-refractivity contribution in [3.05, 3.63) is 56.4 Å². The third kappa shape index (κ3) is 3.39. The minimum Gasteiger partial charge on any atom is -0.381 e. The van der Waals surface area contributed by atoms with E-state index in [9.17, 15) is 4.79 Å². The van der Waals surface area contributed by atoms with Gasteiger partial charge in [0.15, 0.2) is 0 Å². The molecule has 0 unspecified atom stereocenters. The van der Waals surface area contributed by atoms with E-state index >= 15 is 0 Å². The zero-order valence-corrected chi connectivity index (χ0v) is 12.9. The zero-order valence-electron chi connectivity index (χ0n) is 11.4. The van der Waals surface area contributed by atoms with Gasteiger partial charge in [0.1, 0.15) is 0 Å². The topological polar surface area (TPSA) is 46.9 Å². The quantitative estimate of drug-likeness (QED) is 0.935. The Morgan fingerprint density at radius 1 is 1.29 bits per heavy atom. The van der Waals surface area contributed by atoms with Crippen LogP contribution in [-0.2, 0) is 6.54 Å². The van der Waals surface area contributed by atoms with E-state index in [1.807, 2.05) is 0 Å². The van der Waals surface area contributed by atoms with Gasteiger partial charge in [-0.1, -0.05) is 29.3 Å². The van der Waals surface area contributed by atoms with Gasteiger partial charge in [0.25, 0.3) is 5.56 Å². The van der Waals surface area contributed by atoms with Gasteiger partial charge >= 0.3 is 0 Å². The number of rotatable bonds is 4. The van der Waals surface area contributed by atoms with E-state index in [1.165, 1.54) is 11.1 Å². The lowest BCUT2D eigenvalue weighted by Gasteiger charge is -2.27. The maximum atomic E-state index is 12.1. The number of benzene rings is 1. The standard InChI is InChI=1S/C15H15Cl2N3O/c16-11-5-4-10(14(17)6-11)9-20-15(21)7-13(8-18-20)19-12-2-1-3-12/h4-8,12,19H,1-3,9H2. The van der Waals surface area contributed by atoms with Crippen molar-refractivity contribution in [1.82, 2.24) is 9.78 Å². The van der Waals surface area contributed by atoms with Crippen LogP contribution >= 0.6 is 23.2 Å². The maximum Gasteiger partial charge on any atom is 0.269 e. The van der Waals surface area contributed by atoms with Crippen LogP contribution in [0.1, 0.15) is 24.8 Å². The lowest BCUT2D eigenvalue weighted by atomic mass is 9.93. The molecule has 0 spiro atoms. The smallest absolute Gasteiger partial charge is 0.269 e. The predicted molar refractivity (Wildman–Crippen MR) is 85.3 cm³/mol. The second kappa shape index (κ2) is 6.08. The lowest BCUT2D eigenvalue weighted by molar-refractivity contribution is 0.445. The summed E-state index contributed by atoms with van der Waals surface area (Å²) in [6.45, 7) is 0.332. The molecule has 1 N–H and O–H groups in total. The molecule has 1 heterocycles. The molecule has 0 saturated heterocycles. The van der Waals surface area contributed by atoms with Gasteiger partial charge in [0, 0.05) is 22.2 Å². The van der Waals surface area contributed by atoms with Crippen molar-refractivity contribution in [2.45, 2.75) is 31.8 Å². The molecule has 21 heavy (non-hydrogen) atoms. The van der Waals surface area contributed by atoms with Crippen molar-refractivity contribution in [3.8, 4) is 0 Å². The van der Waals surface area contributed by atoms with Crippen LogP contribution in [0.3, 0.4) is 0 Å². The van der Waals surface area contributed by atoms with Gasteiger partial charge in [-0.15, -0.1) is 0 Å². The van der Waals surface area contributed by atoms with Crippen molar-refractivity contribution in [1.29, 1.82) is 0 Å². The molecule has 6 heteroatoms. The summed E-state index contributed by atoms with van der Waals surface area (Å²) >= 11 is 12.0. The molecule has 1 fully saturated rings. The van der Waals surface area contributed by atoms with Gasteiger partial charge in [-0.3, -0.25) is 4.79 Å². The number of halogens is 2. The van der Waals surface area contributed by atoms with Crippen LogP contribution < -0.4 is 10.9 Å². The molecular weight excluding hydrogens is 309 g/mol. The third-order valence-corrected chi connectivity index (χ3v) is 4.27. The molecule has 0 amide bonds. The second-order valence-corrected chi connectivity index (χ2v) is 6.09. The average molecular weight is 324 g/mol. The highest BCUT2D eigenvalue weighted by atomic mass is 35.5. The van der Waals surface area contributed by atoms with Crippen molar-refractivity contribution in [3.63, 3.8) is 0 Å². The molecule has 0 bridgehead atoms. The molecule has 1 aliphatic rings. The molecule has 2 aromatic rings. The van der Waals surface area contributed by atoms with E-state index in [0.29, 0.717) is 22.6 Å². The van der Waals surface area contributed by atoms with Crippen LogP contribution in [-0.4, -0.2) is 15.8 Å². The number of nitrogens with zero attached hydrogens (tertiary/aromatic N) is 2. The minimum absolute atomic E-state index is 0.148. The Morgan fingerprint density at radius 3 is 2.71 bits per heavy atom. The van der Waals surface area contributed by atoms with E-state index in [1.54, 1.807) is 30.5 Å². The Bertz CT molecular complexity index is 710. The molecule has 1 saturated carbocycles. The SMILES string of the molecule is O=c1cc(NC2CCC2)cnn1Cc1ccc(Cl)cc1Cl. The molecule has 1 aromatic carbocycles. The van der Waals surface area contributed by atoms with E-state index in [0.717, 1.165) is 24.1 Å². The average Bonchev–Trinajstić information content (AvgIpc) is 2.39. The summed E-state index contributed by atoms with van der Waals surface area (Å²) in [5.74, 6) is 0. The molecule has 4 nitrogen and oxygen atoms in total. The number of nitrogens with one attached hydrogen (secondary N) is 1. The minimum atomic E-state index is -0.148. The highest BCUT2D eigenvalue weighted by molar-refractivity contribution is 6.35. The van der Waals surface area contributed by atoms with Crippen LogP contribution in [0.25, 0.3) is 0 Å². The van der Waals surface area contributed by atoms with E-state index < -0.39 is 0 Å². The second-order valence-electron chi connectivity index (χ2n) is 5.25. The zero-order chi connectivity index (χ0) is 14.8. The van der Waals surface area contributed by atoms with Crippen LogP contribution in [0.2, 0.25) is 10.0 Å². The monoisotopic (exact) mass is 323 g/mol. The first kappa shape index (κ1) is 14.4. The normalized spacial score (nSPS) is 14.8. The van der Waals surface area contributed by atoms with Crippen molar-refractivity contribution < 1.29 is 0 Å². The first-order chi connectivity index (χ1) is 10.1. The summed E-state index contributed by atoms with van der Waals surface area (Å²) in [4.78, 5) is 12.1. The van der Waals surface area contributed by atoms with E-state index in [2.05, 4.69) is 10.4 Å². The first-order valence-corrected chi connectivity index (χ1v) is 7.65.